The van der Waals surface area contributed by atoms with Gasteiger partial charge in [-0.2, -0.15) is 5.10 Å². The minimum atomic E-state index is -0.275. The van der Waals surface area contributed by atoms with Crippen molar-refractivity contribution in [3.05, 3.63) is 77.7 Å². The first-order chi connectivity index (χ1) is 14.6. The zero-order chi connectivity index (χ0) is 21.1. The summed E-state index contributed by atoms with van der Waals surface area (Å²) >= 11 is 0. The van der Waals surface area contributed by atoms with Gasteiger partial charge in [0.1, 0.15) is 11.6 Å². The number of methoxy groups -OCH3 is 1. The molecule has 0 aliphatic rings. The average Bonchev–Trinajstić information content (AvgIpc) is 3.11. The van der Waals surface area contributed by atoms with Gasteiger partial charge in [0.25, 0.3) is 5.91 Å². The fourth-order valence-electron chi connectivity index (χ4n) is 3.36. The number of para-hydroxylation sites is 1. The highest BCUT2D eigenvalue weighted by Gasteiger charge is 2.18. The number of amides is 1. The van der Waals surface area contributed by atoms with E-state index >= 15 is 0 Å². The van der Waals surface area contributed by atoms with E-state index in [4.69, 9.17) is 9.72 Å². The topological polar surface area (TPSA) is 69.0 Å². The highest BCUT2D eigenvalue weighted by Crippen LogP contribution is 2.30. The maximum absolute atomic E-state index is 13.0. The van der Waals surface area contributed by atoms with Crippen LogP contribution in [0.4, 0.5) is 4.39 Å². The Hall–Kier alpha value is -3.74. The van der Waals surface area contributed by atoms with Crippen molar-refractivity contribution in [1.82, 2.24) is 20.1 Å². The van der Waals surface area contributed by atoms with Crippen LogP contribution < -0.4 is 10.1 Å². The summed E-state index contributed by atoms with van der Waals surface area (Å²) in [6.45, 7) is 0.426. The molecule has 2 aromatic carbocycles. The van der Waals surface area contributed by atoms with Gasteiger partial charge in [-0.3, -0.25) is 4.79 Å². The van der Waals surface area contributed by atoms with Gasteiger partial charge in [0.2, 0.25) is 0 Å². The van der Waals surface area contributed by atoms with Crippen molar-refractivity contribution in [3.63, 3.8) is 0 Å². The molecular formula is C23H21FN4O2. The lowest BCUT2D eigenvalue weighted by Crippen LogP contribution is -2.26. The van der Waals surface area contributed by atoms with Gasteiger partial charge in [0.05, 0.1) is 18.2 Å². The van der Waals surface area contributed by atoms with Crippen molar-refractivity contribution in [2.75, 3.05) is 13.7 Å². The molecule has 0 bridgehead atoms. The fourth-order valence-corrected chi connectivity index (χ4v) is 3.36. The quantitative estimate of drug-likeness (QED) is 0.531. The first kappa shape index (κ1) is 19.6. The Balaban J connectivity index is 1.55. The molecule has 0 atom stereocenters. The third-order valence-electron chi connectivity index (χ3n) is 4.90. The minimum absolute atomic E-state index is 0.269. The maximum atomic E-state index is 13.0. The van der Waals surface area contributed by atoms with Gasteiger partial charge in [-0.25, -0.2) is 14.1 Å². The molecule has 2 aromatic heterocycles. The van der Waals surface area contributed by atoms with E-state index in [9.17, 15) is 9.18 Å². The molecule has 30 heavy (non-hydrogen) atoms. The van der Waals surface area contributed by atoms with Crippen LogP contribution in [0.2, 0.25) is 0 Å². The predicted molar refractivity (Wildman–Crippen MR) is 113 cm³/mol. The number of fused-ring (bicyclic) bond motifs is 1. The largest absolute Gasteiger partial charge is 0.496 e. The second-order valence-electron chi connectivity index (χ2n) is 6.87. The number of hydrogen-bond acceptors (Lipinski definition) is 4. The minimum Gasteiger partial charge on any atom is -0.496 e. The molecule has 0 saturated carbocycles. The zero-order valence-electron chi connectivity index (χ0n) is 16.7. The monoisotopic (exact) mass is 404 g/mol. The standard InChI is InChI=1S/C23H21FN4O2/c1-28-22-18(11-12-19(26-22)17-5-3-4-6-20(17)30-2)21(27-28)23(29)25-14-13-15-7-9-16(24)10-8-15/h3-12H,13-14H2,1-2H3,(H,25,29). The lowest BCUT2D eigenvalue weighted by Gasteiger charge is -2.08. The summed E-state index contributed by atoms with van der Waals surface area (Å²) < 4.78 is 20.0. The van der Waals surface area contributed by atoms with Crippen LogP contribution in [0.5, 0.6) is 5.75 Å². The van der Waals surface area contributed by atoms with Crippen molar-refractivity contribution in [3.8, 4) is 17.0 Å². The van der Waals surface area contributed by atoms with E-state index in [1.165, 1.54) is 12.1 Å². The van der Waals surface area contributed by atoms with Crippen LogP contribution in [0.25, 0.3) is 22.3 Å². The van der Waals surface area contributed by atoms with Gasteiger partial charge in [-0.15, -0.1) is 0 Å². The molecule has 2 heterocycles. The summed E-state index contributed by atoms with van der Waals surface area (Å²) in [5.74, 6) is 0.183. The van der Waals surface area contributed by atoms with E-state index in [1.54, 1.807) is 31.0 Å². The second-order valence-corrected chi connectivity index (χ2v) is 6.87. The SMILES string of the molecule is COc1ccccc1-c1ccc2c(C(=O)NCCc3ccc(F)cc3)nn(C)c2n1. The molecule has 0 aliphatic heterocycles. The van der Waals surface area contributed by atoms with Crippen LogP contribution in [0.1, 0.15) is 16.1 Å². The lowest BCUT2D eigenvalue weighted by molar-refractivity contribution is 0.0950. The summed E-state index contributed by atoms with van der Waals surface area (Å²) in [5.41, 5.74) is 3.50. The van der Waals surface area contributed by atoms with E-state index in [0.717, 1.165) is 22.6 Å². The molecule has 0 spiro atoms. The fraction of sp³-hybridized carbons (Fsp3) is 0.174. The Bertz CT molecular complexity index is 1200. The number of benzene rings is 2. The lowest BCUT2D eigenvalue weighted by atomic mass is 10.1. The van der Waals surface area contributed by atoms with E-state index in [0.29, 0.717) is 29.7 Å². The summed E-state index contributed by atoms with van der Waals surface area (Å²) in [6.07, 6.45) is 0.604. The number of halogens is 1. The first-order valence-corrected chi connectivity index (χ1v) is 9.56. The Labute approximate surface area is 173 Å². The van der Waals surface area contributed by atoms with E-state index in [-0.39, 0.29) is 11.7 Å². The van der Waals surface area contributed by atoms with Gasteiger partial charge in [0.15, 0.2) is 11.3 Å². The molecule has 0 saturated heterocycles. The smallest absolute Gasteiger partial charge is 0.272 e. The third kappa shape index (κ3) is 3.87. The highest BCUT2D eigenvalue weighted by molar-refractivity contribution is 6.04. The number of carbonyl (C=O) groups excluding carboxylic acids is 1. The zero-order valence-corrected chi connectivity index (χ0v) is 16.7. The average molecular weight is 404 g/mol. The molecular weight excluding hydrogens is 383 g/mol. The van der Waals surface area contributed by atoms with Crippen molar-refractivity contribution in [2.24, 2.45) is 7.05 Å². The third-order valence-corrected chi connectivity index (χ3v) is 4.90. The van der Waals surface area contributed by atoms with Crippen LogP contribution in [-0.2, 0) is 13.5 Å². The molecule has 1 amide bonds. The molecule has 6 nitrogen and oxygen atoms in total. The van der Waals surface area contributed by atoms with Gasteiger partial charge in [0, 0.05) is 19.2 Å². The Morgan fingerprint density at radius 1 is 1.10 bits per heavy atom. The van der Waals surface area contributed by atoms with Crippen LogP contribution in [0.3, 0.4) is 0 Å². The molecule has 1 N–H and O–H groups in total. The van der Waals surface area contributed by atoms with Crippen molar-refractivity contribution >= 4 is 16.9 Å². The first-order valence-electron chi connectivity index (χ1n) is 9.56. The molecule has 0 radical (unpaired) electrons. The molecule has 0 aliphatic carbocycles. The number of pyridine rings is 1. The summed E-state index contributed by atoms with van der Waals surface area (Å²) in [4.78, 5) is 17.4. The molecule has 7 heteroatoms. The van der Waals surface area contributed by atoms with Crippen LogP contribution in [0.15, 0.2) is 60.7 Å². The van der Waals surface area contributed by atoms with E-state index in [2.05, 4.69) is 10.4 Å². The number of ether oxygens (including phenoxy) is 1. The van der Waals surface area contributed by atoms with Crippen LogP contribution >= 0.6 is 0 Å². The molecule has 0 fully saturated rings. The number of aromatic nitrogens is 3. The van der Waals surface area contributed by atoms with Crippen LogP contribution in [0, 0.1) is 5.82 Å². The number of aryl methyl sites for hydroxylation is 1. The molecule has 0 unspecified atom stereocenters. The van der Waals surface area contributed by atoms with Crippen molar-refractivity contribution in [1.29, 1.82) is 0 Å². The van der Waals surface area contributed by atoms with Crippen LogP contribution in [-0.4, -0.2) is 34.3 Å². The summed E-state index contributed by atoms with van der Waals surface area (Å²) in [6, 6.07) is 17.6. The van der Waals surface area contributed by atoms with Crippen molar-refractivity contribution < 1.29 is 13.9 Å². The molecule has 4 rings (SSSR count). The second kappa shape index (κ2) is 8.32. The van der Waals surface area contributed by atoms with Crippen molar-refractivity contribution in [2.45, 2.75) is 6.42 Å². The van der Waals surface area contributed by atoms with Gasteiger partial charge in [-0.1, -0.05) is 24.3 Å². The van der Waals surface area contributed by atoms with Gasteiger partial charge in [-0.05, 0) is 48.4 Å². The Kier molecular flexibility index (Phi) is 5.43. The summed E-state index contributed by atoms with van der Waals surface area (Å²) in [5, 5.41) is 7.92. The number of rotatable bonds is 6. The predicted octanol–water partition coefficient (Wildman–Crippen LogP) is 3.76. The number of carbonyl (C=O) groups is 1. The maximum Gasteiger partial charge on any atom is 0.272 e. The Morgan fingerprint density at radius 2 is 1.87 bits per heavy atom. The highest BCUT2D eigenvalue weighted by atomic mass is 19.1. The number of hydrogen-bond donors (Lipinski definition) is 1. The number of nitrogens with zero attached hydrogens (tertiary/aromatic N) is 3. The summed E-state index contributed by atoms with van der Waals surface area (Å²) in [7, 11) is 3.38. The number of nitrogens with one attached hydrogen (secondary N) is 1. The van der Waals surface area contributed by atoms with E-state index < -0.39 is 0 Å². The Morgan fingerprint density at radius 3 is 2.63 bits per heavy atom. The molecule has 4 aromatic rings. The van der Waals surface area contributed by atoms with Gasteiger partial charge >= 0.3 is 0 Å². The molecule has 152 valence electrons. The van der Waals surface area contributed by atoms with Gasteiger partial charge < -0.3 is 10.1 Å². The van der Waals surface area contributed by atoms with E-state index in [1.807, 2.05) is 36.4 Å². The normalized spacial score (nSPS) is 10.9.